The molecule has 1 aliphatic rings. The minimum Gasteiger partial charge on any atom is -0.384 e. The van der Waals surface area contributed by atoms with Crippen molar-refractivity contribution < 1.29 is 32.5 Å². The van der Waals surface area contributed by atoms with Crippen LogP contribution in [-0.2, 0) is 18.6 Å². The zero-order valence-corrected chi connectivity index (χ0v) is 20.5. The van der Waals surface area contributed by atoms with Crippen molar-refractivity contribution in [2.24, 2.45) is 5.92 Å². The molecule has 0 spiro atoms. The van der Waals surface area contributed by atoms with Gasteiger partial charge in [-0.05, 0) is 25.8 Å². The molecule has 0 saturated carbocycles. The van der Waals surface area contributed by atoms with Crippen LogP contribution in [0.2, 0.25) is 0 Å². The first kappa shape index (κ1) is 27.5. The third-order valence-corrected chi connectivity index (χ3v) is 6.51. The predicted octanol–water partition coefficient (Wildman–Crippen LogP) is 2.39. The van der Waals surface area contributed by atoms with E-state index in [2.05, 4.69) is 15.4 Å². The van der Waals surface area contributed by atoms with Crippen LogP contribution >= 0.6 is 7.52 Å². The average molecular weight is 494 g/mol. The molecular formula is C20H33F2N4O6P. The van der Waals surface area contributed by atoms with Gasteiger partial charge in [0.2, 0.25) is 6.23 Å². The van der Waals surface area contributed by atoms with E-state index in [1.54, 1.807) is 20.8 Å². The summed E-state index contributed by atoms with van der Waals surface area (Å²) in [4.78, 5) is 28.1. The number of ketones is 1. The molecule has 0 aromatic carbocycles. The van der Waals surface area contributed by atoms with Gasteiger partial charge in [-0.3, -0.25) is 13.9 Å². The number of hydrogen-bond acceptors (Lipinski definition) is 8. The van der Waals surface area contributed by atoms with Crippen molar-refractivity contribution in [3.8, 4) is 0 Å². The lowest BCUT2D eigenvalue weighted by molar-refractivity contribution is -0.140. The van der Waals surface area contributed by atoms with Crippen molar-refractivity contribution in [2.45, 2.75) is 77.5 Å². The number of nitrogens with zero attached hydrogens (tertiary/aromatic N) is 2. The van der Waals surface area contributed by atoms with Gasteiger partial charge in [-0.15, -0.1) is 0 Å². The Morgan fingerprint density at radius 1 is 1.39 bits per heavy atom. The molecule has 3 N–H and O–H groups in total. The second-order valence-corrected chi connectivity index (χ2v) is 11.0. The van der Waals surface area contributed by atoms with Gasteiger partial charge in [0.15, 0.2) is 6.10 Å². The maximum atomic E-state index is 14.8. The molecule has 1 aromatic heterocycles. The maximum absolute atomic E-state index is 14.8. The molecule has 0 aliphatic carbocycles. The van der Waals surface area contributed by atoms with E-state index in [-0.39, 0.29) is 30.0 Å². The first-order chi connectivity index (χ1) is 15.2. The van der Waals surface area contributed by atoms with Crippen LogP contribution < -0.4 is 16.1 Å². The lowest BCUT2D eigenvalue weighted by Crippen LogP contribution is -2.42. The molecule has 13 heteroatoms. The normalized spacial score (nSPS) is 25.2. The standard InChI is InChI=1S/C20H33F2N4O6P/c1-7-13(27)16(11(2)3)25-33(6,30)31-10-14-17(28)20(21,22)18(32-14)26-9-8-15(23-12(4)5)24-19(26)29/h8-9,11-12,14,16-18,28H,7,10H2,1-6H3,(H,25,30)(H,23,24,29)/t14-,16+,17-,18?,33?/m1/s1. The average Bonchev–Trinajstić information content (AvgIpc) is 2.93. The molecule has 5 atom stereocenters. The molecule has 0 amide bonds. The van der Waals surface area contributed by atoms with Crippen molar-refractivity contribution >= 4 is 19.1 Å². The number of aromatic nitrogens is 2. The molecule has 2 heterocycles. The van der Waals surface area contributed by atoms with Gasteiger partial charge < -0.3 is 19.7 Å². The highest BCUT2D eigenvalue weighted by atomic mass is 31.2. The Balaban J connectivity index is 2.14. The third-order valence-electron chi connectivity index (χ3n) is 5.12. The molecule has 1 aromatic rings. The minimum atomic E-state index is -3.84. The fourth-order valence-corrected chi connectivity index (χ4v) is 4.85. The van der Waals surface area contributed by atoms with Crippen LogP contribution in [-0.4, -0.2) is 63.9 Å². The summed E-state index contributed by atoms with van der Waals surface area (Å²) in [6.45, 7) is 9.44. The van der Waals surface area contributed by atoms with Crippen molar-refractivity contribution in [1.29, 1.82) is 0 Å². The Morgan fingerprint density at radius 3 is 2.55 bits per heavy atom. The first-order valence-corrected chi connectivity index (χ1v) is 12.9. The second-order valence-electron chi connectivity index (χ2n) is 8.76. The number of halogens is 2. The van der Waals surface area contributed by atoms with Gasteiger partial charge in [0.25, 0.3) is 7.52 Å². The smallest absolute Gasteiger partial charge is 0.351 e. The van der Waals surface area contributed by atoms with Gasteiger partial charge in [0.1, 0.15) is 17.7 Å². The third kappa shape index (κ3) is 6.66. The number of Topliss-reactive ketones (excluding diaryl/α,β-unsaturated/α-hetero) is 1. The number of aliphatic hydroxyl groups excluding tert-OH is 1. The molecule has 1 saturated heterocycles. The number of carbonyl (C=O) groups is 1. The van der Waals surface area contributed by atoms with Crippen LogP contribution in [0.4, 0.5) is 14.6 Å². The van der Waals surface area contributed by atoms with Crippen LogP contribution in [0, 0.1) is 5.92 Å². The Labute approximate surface area is 191 Å². The number of alkyl halides is 2. The fourth-order valence-electron chi connectivity index (χ4n) is 3.39. The Bertz CT molecular complexity index is 941. The summed E-state index contributed by atoms with van der Waals surface area (Å²) in [6, 6.07) is 0.580. The summed E-state index contributed by atoms with van der Waals surface area (Å²) < 4.78 is 53.5. The van der Waals surface area contributed by atoms with Crippen LogP contribution in [0.5, 0.6) is 0 Å². The molecule has 1 aliphatic heterocycles. The van der Waals surface area contributed by atoms with Gasteiger partial charge in [-0.2, -0.15) is 13.8 Å². The summed E-state index contributed by atoms with van der Waals surface area (Å²) in [6.07, 6.45) is -4.68. The molecule has 0 radical (unpaired) electrons. The summed E-state index contributed by atoms with van der Waals surface area (Å²) in [5.74, 6) is -3.96. The highest BCUT2D eigenvalue weighted by Gasteiger charge is 2.60. The van der Waals surface area contributed by atoms with E-state index in [9.17, 15) is 28.0 Å². The molecular weight excluding hydrogens is 461 g/mol. The Morgan fingerprint density at radius 2 is 2.03 bits per heavy atom. The molecule has 0 bridgehead atoms. The molecule has 33 heavy (non-hydrogen) atoms. The number of hydrogen-bond donors (Lipinski definition) is 3. The van der Waals surface area contributed by atoms with Gasteiger partial charge in [-0.1, -0.05) is 20.8 Å². The van der Waals surface area contributed by atoms with E-state index in [0.29, 0.717) is 4.57 Å². The molecule has 1 fully saturated rings. The van der Waals surface area contributed by atoms with Gasteiger partial charge >= 0.3 is 11.6 Å². The first-order valence-electron chi connectivity index (χ1n) is 10.8. The Hall–Kier alpha value is -1.72. The topological polar surface area (TPSA) is 132 Å². The predicted molar refractivity (Wildman–Crippen MR) is 119 cm³/mol. The monoisotopic (exact) mass is 494 g/mol. The van der Waals surface area contributed by atoms with Crippen molar-refractivity contribution in [2.75, 3.05) is 18.6 Å². The van der Waals surface area contributed by atoms with Crippen molar-refractivity contribution in [1.82, 2.24) is 14.6 Å². The number of aliphatic hydroxyl groups is 1. The van der Waals surface area contributed by atoms with Crippen LogP contribution in [0.15, 0.2) is 17.1 Å². The summed E-state index contributed by atoms with van der Waals surface area (Å²) in [5.41, 5.74) is -0.986. The summed E-state index contributed by atoms with van der Waals surface area (Å²) >= 11 is 0. The number of rotatable bonds is 11. The second kappa shape index (κ2) is 10.7. The van der Waals surface area contributed by atoms with Crippen LogP contribution in [0.1, 0.15) is 47.3 Å². The minimum absolute atomic E-state index is 0.0264. The molecule has 10 nitrogen and oxygen atoms in total. The fraction of sp³-hybridized carbons (Fsp3) is 0.750. The maximum Gasteiger partial charge on any atom is 0.351 e. The summed E-state index contributed by atoms with van der Waals surface area (Å²) in [5, 5.41) is 15.7. The lowest BCUT2D eigenvalue weighted by Gasteiger charge is -2.26. The van der Waals surface area contributed by atoms with Crippen molar-refractivity contribution in [3.63, 3.8) is 0 Å². The highest BCUT2D eigenvalue weighted by Crippen LogP contribution is 2.45. The van der Waals surface area contributed by atoms with E-state index in [1.165, 1.54) is 12.7 Å². The zero-order chi connectivity index (χ0) is 25.1. The lowest BCUT2D eigenvalue weighted by atomic mass is 10.00. The van der Waals surface area contributed by atoms with E-state index in [1.807, 2.05) is 13.8 Å². The quantitative estimate of drug-likeness (QED) is 0.397. The highest BCUT2D eigenvalue weighted by molar-refractivity contribution is 7.56. The van der Waals surface area contributed by atoms with E-state index in [4.69, 9.17) is 9.26 Å². The number of carbonyl (C=O) groups excluding carboxylic acids is 1. The molecule has 188 valence electrons. The number of nitrogens with one attached hydrogen (secondary N) is 2. The zero-order valence-electron chi connectivity index (χ0n) is 19.6. The van der Waals surface area contributed by atoms with Gasteiger partial charge in [-0.25, -0.2) is 9.88 Å². The van der Waals surface area contributed by atoms with Gasteiger partial charge in [0.05, 0.1) is 12.6 Å². The van der Waals surface area contributed by atoms with Crippen LogP contribution in [0.3, 0.4) is 0 Å². The van der Waals surface area contributed by atoms with E-state index < -0.39 is 50.2 Å². The SMILES string of the molecule is CCC(=O)[C@@H](NP(C)(=O)OC[C@H]1OC(n2ccc(NC(C)C)nc2=O)C(F)(F)[C@@H]1O)C(C)C. The van der Waals surface area contributed by atoms with E-state index in [0.717, 1.165) is 6.20 Å². The summed E-state index contributed by atoms with van der Waals surface area (Å²) in [7, 11) is -3.61. The largest absolute Gasteiger partial charge is 0.384 e. The van der Waals surface area contributed by atoms with Gasteiger partial charge in [0, 0.05) is 25.3 Å². The van der Waals surface area contributed by atoms with E-state index >= 15 is 0 Å². The molecule has 2 unspecified atom stereocenters. The van der Waals surface area contributed by atoms with Crippen molar-refractivity contribution in [3.05, 3.63) is 22.7 Å². The van der Waals surface area contributed by atoms with Crippen LogP contribution in [0.25, 0.3) is 0 Å². The number of ether oxygens (including phenoxy) is 1. The molecule has 2 rings (SSSR count). The Kier molecular flexibility index (Phi) is 8.92. The number of anilines is 1.